The maximum atomic E-state index is 11.9. The fourth-order valence-electron chi connectivity index (χ4n) is 3.65. The fraction of sp³-hybridized carbons (Fsp3) is 0.933. The van der Waals surface area contributed by atoms with Crippen molar-refractivity contribution in [1.82, 2.24) is 10.2 Å². The van der Waals surface area contributed by atoms with Crippen LogP contribution in [0.15, 0.2) is 0 Å². The van der Waals surface area contributed by atoms with E-state index >= 15 is 0 Å². The van der Waals surface area contributed by atoms with Gasteiger partial charge in [0.15, 0.2) is 0 Å². The van der Waals surface area contributed by atoms with Crippen LogP contribution in [0.5, 0.6) is 0 Å². The van der Waals surface area contributed by atoms with Gasteiger partial charge in [-0.05, 0) is 32.6 Å². The molecule has 0 aromatic rings. The second-order valence-corrected chi connectivity index (χ2v) is 6.85. The van der Waals surface area contributed by atoms with Crippen LogP contribution in [0.2, 0.25) is 0 Å². The summed E-state index contributed by atoms with van der Waals surface area (Å²) in [5, 5.41) is 3.45. The van der Waals surface area contributed by atoms with Crippen molar-refractivity contribution in [3.8, 4) is 0 Å². The van der Waals surface area contributed by atoms with Crippen LogP contribution in [-0.2, 0) is 9.53 Å². The summed E-state index contributed by atoms with van der Waals surface area (Å²) in [5.74, 6) is -0.233. The molecular formula is C15H27N3O2. The number of amides is 1. The van der Waals surface area contributed by atoms with E-state index in [0.717, 1.165) is 32.4 Å². The number of hydrogen-bond acceptors (Lipinski definition) is 4. The number of nitrogens with zero attached hydrogens (tertiary/aromatic N) is 1. The molecule has 0 radical (unpaired) electrons. The number of rotatable bonds is 5. The van der Waals surface area contributed by atoms with Crippen molar-refractivity contribution >= 4 is 5.91 Å². The summed E-state index contributed by atoms with van der Waals surface area (Å²) in [4.78, 5) is 14.4. The van der Waals surface area contributed by atoms with Gasteiger partial charge in [-0.1, -0.05) is 12.8 Å². The van der Waals surface area contributed by atoms with Gasteiger partial charge in [-0.2, -0.15) is 0 Å². The molecule has 0 bridgehead atoms. The highest BCUT2D eigenvalue weighted by molar-refractivity contribution is 5.84. The molecule has 0 aromatic heterocycles. The zero-order valence-electron chi connectivity index (χ0n) is 12.4. The van der Waals surface area contributed by atoms with E-state index in [1.54, 1.807) is 0 Å². The number of nitrogens with one attached hydrogen (secondary N) is 1. The van der Waals surface area contributed by atoms with E-state index in [0.29, 0.717) is 24.7 Å². The van der Waals surface area contributed by atoms with Crippen LogP contribution in [0.1, 0.15) is 45.4 Å². The minimum absolute atomic E-state index is 0.233. The highest BCUT2D eigenvalue weighted by atomic mass is 16.5. The summed E-state index contributed by atoms with van der Waals surface area (Å²) < 4.78 is 5.90. The Balaban J connectivity index is 1.68. The number of morpholine rings is 1. The molecule has 1 saturated heterocycles. The lowest BCUT2D eigenvalue weighted by Crippen LogP contribution is -2.64. The van der Waals surface area contributed by atoms with Crippen molar-refractivity contribution in [2.75, 3.05) is 19.7 Å². The third-order valence-corrected chi connectivity index (χ3v) is 5.01. The first-order chi connectivity index (χ1) is 9.58. The molecule has 1 heterocycles. The van der Waals surface area contributed by atoms with Crippen molar-refractivity contribution in [1.29, 1.82) is 0 Å². The predicted molar refractivity (Wildman–Crippen MR) is 77.3 cm³/mol. The molecule has 0 aromatic carbocycles. The summed E-state index contributed by atoms with van der Waals surface area (Å²) in [6, 6.07) is 0.952. The lowest BCUT2D eigenvalue weighted by molar-refractivity contribution is -0.129. The van der Waals surface area contributed by atoms with Gasteiger partial charge in [0.05, 0.1) is 12.7 Å². The van der Waals surface area contributed by atoms with Gasteiger partial charge >= 0.3 is 0 Å². The smallest absolute Gasteiger partial charge is 0.238 e. The zero-order valence-corrected chi connectivity index (χ0v) is 12.4. The summed E-state index contributed by atoms with van der Waals surface area (Å²) in [6.07, 6.45) is 7.56. The molecule has 5 nitrogen and oxygen atoms in total. The molecule has 0 spiro atoms. The van der Waals surface area contributed by atoms with Crippen LogP contribution in [0.25, 0.3) is 0 Å². The second kappa shape index (κ2) is 5.62. The normalized spacial score (nSPS) is 34.2. The number of hydrogen-bond donors (Lipinski definition) is 2. The lowest BCUT2D eigenvalue weighted by atomic mass is 9.88. The molecular weight excluding hydrogens is 254 g/mol. The SMILES string of the molecule is CC(CN1CCOC2CCCCC21)(NC1CC1)C(N)=O. The first-order valence-electron chi connectivity index (χ1n) is 8.02. The third kappa shape index (κ3) is 3.00. The molecule has 3 N–H and O–H groups in total. The first kappa shape index (κ1) is 14.3. The Morgan fingerprint density at radius 2 is 2.10 bits per heavy atom. The Bertz CT molecular complexity index is 370. The minimum atomic E-state index is -0.611. The van der Waals surface area contributed by atoms with Crippen LogP contribution in [0.3, 0.4) is 0 Å². The Labute approximate surface area is 121 Å². The maximum absolute atomic E-state index is 11.9. The minimum Gasteiger partial charge on any atom is -0.375 e. The van der Waals surface area contributed by atoms with Crippen molar-refractivity contribution in [3.05, 3.63) is 0 Å². The van der Waals surface area contributed by atoms with Crippen LogP contribution < -0.4 is 11.1 Å². The Kier molecular flexibility index (Phi) is 4.02. The van der Waals surface area contributed by atoms with Gasteiger partial charge in [0.25, 0.3) is 0 Å². The standard InChI is InChI=1S/C15H27N3O2/c1-15(14(16)19,17-11-6-7-11)10-18-8-9-20-13-5-3-2-4-12(13)18/h11-13,17H,2-10H2,1H3,(H2,16,19). The van der Waals surface area contributed by atoms with Crippen LogP contribution in [0, 0.1) is 0 Å². The van der Waals surface area contributed by atoms with Crippen LogP contribution in [0.4, 0.5) is 0 Å². The monoisotopic (exact) mass is 281 g/mol. The number of carbonyl (C=O) groups excluding carboxylic acids is 1. The topological polar surface area (TPSA) is 67.6 Å². The van der Waals surface area contributed by atoms with Gasteiger partial charge in [0.1, 0.15) is 5.54 Å². The van der Waals surface area contributed by atoms with Gasteiger partial charge in [-0.15, -0.1) is 0 Å². The number of fused-ring (bicyclic) bond motifs is 1. The third-order valence-electron chi connectivity index (χ3n) is 5.01. The zero-order chi connectivity index (χ0) is 14.2. The molecule has 3 fully saturated rings. The van der Waals surface area contributed by atoms with Gasteiger partial charge in [0, 0.05) is 25.2 Å². The highest BCUT2D eigenvalue weighted by Gasteiger charge is 2.42. The molecule has 3 aliphatic rings. The fourth-order valence-corrected chi connectivity index (χ4v) is 3.65. The number of carbonyl (C=O) groups is 1. The molecule has 1 amide bonds. The van der Waals surface area contributed by atoms with E-state index in [2.05, 4.69) is 10.2 Å². The van der Waals surface area contributed by atoms with Gasteiger partial charge < -0.3 is 10.5 Å². The van der Waals surface area contributed by atoms with E-state index in [1.807, 2.05) is 6.92 Å². The average Bonchev–Trinajstić information content (AvgIpc) is 3.23. The largest absolute Gasteiger partial charge is 0.375 e. The van der Waals surface area contributed by atoms with Crippen LogP contribution >= 0.6 is 0 Å². The summed E-state index contributed by atoms with van der Waals surface area (Å²) in [5.41, 5.74) is 5.06. The molecule has 5 heteroatoms. The van der Waals surface area contributed by atoms with E-state index in [-0.39, 0.29) is 5.91 Å². The number of ether oxygens (including phenoxy) is 1. The van der Waals surface area contributed by atoms with Crippen molar-refractivity contribution in [2.24, 2.45) is 5.73 Å². The molecule has 2 saturated carbocycles. The number of nitrogens with two attached hydrogens (primary N) is 1. The molecule has 3 rings (SSSR count). The van der Waals surface area contributed by atoms with Crippen molar-refractivity contribution in [3.63, 3.8) is 0 Å². The predicted octanol–water partition coefficient (Wildman–Crippen LogP) is 0.626. The Hall–Kier alpha value is -0.650. The molecule has 1 aliphatic heterocycles. The average molecular weight is 281 g/mol. The molecule has 114 valence electrons. The first-order valence-corrected chi connectivity index (χ1v) is 8.02. The Morgan fingerprint density at radius 1 is 1.35 bits per heavy atom. The van der Waals surface area contributed by atoms with Crippen molar-refractivity contribution < 1.29 is 9.53 Å². The van der Waals surface area contributed by atoms with Gasteiger partial charge in [-0.25, -0.2) is 0 Å². The summed E-state index contributed by atoms with van der Waals surface area (Å²) in [6.45, 7) is 4.36. The maximum Gasteiger partial charge on any atom is 0.238 e. The van der Waals surface area contributed by atoms with E-state index in [9.17, 15) is 4.79 Å². The quantitative estimate of drug-likeness (QED) is 0.775. The number of primary amides is 1. The van der Waals surface area contributed by atoms with E-state index in [4.69, 9.17) is 10.5 Å². The molecule has 3 atom stereocenters. The second-order valence-electron chi connectivity index (χ2n) is 6.85. The Morgan fingerprint density at radius 3 is 2.80 bits per heavy atom. The molecule has 3 unspecified atom stereocenters. The van der Waals surface area contributed by atoms with Gasteiger partial charge in [-0.3, -0.25) is 15.0 Å². The van der Waals surface area contributed by atoms with Crippen LogP contribution in [-0.4, -0.2) is 54.2 Å². The molecule has 2 aliphatic carbocycles. The van der Waals surface area contributed by atoms with Gasteiger partial charge in [0.2, 0.25) is 5.91 Å². The lowest BCUT2D eigenvalue weighted by Gasteiger charge is -2.46. The molecule has 20 heavy (non-hydrogen) atoms. The summed E-state index contributed by atoms with van der Waals surface area (Å²) in [7, 11) is 0. The summed E-state index contributed by atoms with van der Waals surface area (Å²) >= 11 is 0. The van der Waals surface area contributed by atoms with E-state index in [1.165, 1.54) is 19.3 Å². The highest BCUT2D eigenvalue weighted by Crippen LogP contribution is 2.30. The van der Waals surface area contributed by atoms with Crippen molar-refractivity contribution in [2.45, 2.75) is 69.2 Å². The van der Waals surface area contributed by atoms with E-state index < -0.39 is 5.54 Å².